The van der Waals surface area contributed by atoms with Crippen molar-refractivity contribution in [2.24, 2.45) is 5.92 Å². The number of nitrogens with one attached hydrogen (secondary N) is 1. The Bertz CT molecular complexity index is 1020. The smallest absolute Gasteiger partial charge is 0.261 e. The van der Waals surface area contributed by atoms with Crippen molar-refractivity contribution < 1.29 is 17.9 Å². The summed E-state index contributed by atoms with van der Waals surface area (Å²) < 4.78 is 34.6. The molecule has 1 saturated heterocycles. The van der Waals surface area contributed by atoms with Crippen LogP contribution in [0, 0.1) is 12.8 Å². The maximum atomic E-state index is 13.0. The summed E-state index contributed by atoms with van der Waals surface area (Å²) in [6.45, 7) is 5.38. The third kappa shape index (κ3) is 4.93. The Labute approximate surface area is 180 Å². The van der Waals surface area contributed by atoms with Crippen molar-refractivity contribution in [1.29, 1.82) is 0 Å². The number of nitrogens with zero attached hydrogens (tertiary/aromatic N) is 1. The highest BCUT2D eigenvalue weighted by molar-refractivity contribution is 9.10. The second-order valence-corrected chi connectivity index (χ2v) is 9.94. The largest absolute Gasteiger partial charge is 0.496 e. The molecule has 0 unspecified atom stereocenters. The fourth-order valence-corrected chi connectivity index (χ4v) is 4.65. The Morgan fingerprint density at radius 1 is 1.17 bits per heavy atom. The number of sulfonamides is 1. The first-order valence-corrected chi connectivity index (χ1v) is 11.7. The normalized spacial score (nSPS) is 15.2. The van der Waals surface area contributed by atoms with E-state index in [1.54, 1.807) is 23.1 Å². The number of hydrogen-bond acceptors (Lipinski definition) is 4. The highest BCUT2D eigenvalue weighted by atomic mass is 79.9. The van der Waals surface area contributed by atoms with Crippen molar-refractivity contribution in [3.63, 3.8) is 0 Å². The lowest BCUT2D eigenvalue weighted by Gasteiger charge is -2.30. The Morgan fingerprint density at radius 2 is 1.86 bits per heavy atom. The van der Waals surface area contributed by atoms with Crippen molar-refractivity contribution >= 4 is 37.5 Å². The van der Waals surface area contributed by atoms with Gasteiger partial charge in [0.15, 0.2) is 0 Å². The molecule has 29 heavy (non-hydrogen) atoms. The molecule has 0 saturated carbocycles. The van der Waals surface area contributed by atoms with Gasteiger partial charge in [-0.15, -0.1) is 0 Å². The van der Waals surface area contributed by atoms with Gasteiger partial charge in [-0.1, -0.05) is 22.9 Å². The number of piperidine rings is 1. The lowest BCUT2D eigenvalue weighted by atomic mass is 9.98. The number of halogens is 1. The molecule has 1 N–H and O–H groups in total. The van der Waals surface area contributed by atoms with Gasteiger partial charge < -0.3 is 9.64 Å². The topological polar surface area (TPSA) is 75.7 Å². The molecule has 1 heterocycles. The fraction of sp³-hybridized carbons (Fsp3) is 0.381. The number of likely N-dealkylation sites (tertiary alicyclic amines) is 1. The monoisotopic (exact) mass is 480 g/mol. The average Bonchev–Trinajstić information content (AvgIpc) is 2.70. The van der Waals surface area contributed by atoms with Gasteiger partial charge in [0.1, 0.15) is 5.75 Å². The van der Waals surface area contributed by atoms with E-state index in [1.165, 1.54) is 25.3 Å². The van der Waals surface area contributed by atoms with E-state index in [1.807, 2.05) is 6.92 Å². The van der Waals surface area contributed by atoms with Gasteiger partial charge in [-0.3, -0.25) is 9.52 Å². The molecule has 6 nitrogen and oxygen atoms in total. The van der Waals surface area contributed by atoms with Crippen LogP contribution in [0.3, 0.4) is 0 Å². The molecule has 0 radical (unpaired) electrons. The summed E-state index contributed by atoms with van der Waals surface area (Å²) in [5.74, 6) is 0.753. The minimum atomic E-state index is -3.86. The zero-order valence-corrected chi connectivity index (χ0v) is 19.1. The molecular weight excluding hydrogens is 456 g/mol. The van der Waals surface area contributed by atoms with Crippen LogP contribution in [-0.2, 0) is 10.0 Å². The highest BCUT2D eigenvalue weighted by Crippen LogP contribution is 2.28. The molecule has 2 aromatic rings. The van der Waals surface area contributed by atoms with E-state index in [9.17, 15) is 13.2 Å². The number of carbonyl (C=O) groups is 1. The minimum absolute atomic E-state index is 0.0209. The number of aryl methyl sites for hydroxylation is 1. The standard InChI is InChI=1S/C21H25BrN2O4S/c1-14-8-10-24(11-9-14)21(25)18-13-17(5-7-20(18)28-3)29(26,27)23-16-4-6-19(22)15(2)12-16/h4-7,12-14,23H,8-11H2,1-3H3. The van der Waals surface area contributed by atoms with Crippen LogP contribution < -0.4 is 9.46 Å². The quantitative estimate of drug-likeness (QED) is 0.685. The summed E-state index contributed by atoms with van der Waals surface area (Å²) in [4.78, 5) is 14.8. The molecule has 0 bridgehead atoms. The SMILES string of the molecule is COc1ccc(S(=O)(=O)Nc2ccc(Br)c(C)c2)cc1C(=O)N1CCC(C)CC1. The number of carbonyl (C=O) groups excluding carboxylic acids is 1. The third-order valence-corrected chi connectivity index (χ3v) is 7.46. The molecule has 8 heteroatoms. The molecule has 1 fully saturated rings. The molecule has 156 valence electrons. The molecule has 1 amide bonds. The van der Waals surface area contributed by atoms with Gasteiger partial charge >= 0.3 is 0 Å². The lowest BCUT2D eigenvalue weighted by Crippen LogP contribution is -2.38. The second kappa shape index (κ2) is 8.75. The Kier molecular flexibility index (Phi) is 6.53. The van der Waals surface area contributed by atoms with Gasteiger partial charge in [-0.05, 0) is 67.6 Å². The number of anilines is 1. The number of rotatable bonds is 5. The number of hydrogen-bond donors (Lipinski definition) is 1. The summed E-state index contributed by atoms with van der Waals surface area (Å²) in [6, 6.07) is 9.58. The first-order chi connectivity index (χ1) is 13.7. The van der Waals surface area contributed by atoms with Crippen LogP contribution in [0.1, 0.15) is 35.7 Å². The van der Waals surface area contributed by atoms with E-state index in [-0.39, 0.29) is 16.4 Å². The molecule has 3 rings (SSSR count). The van der Waals surface area contributed by atoms with Gasteiger partial charge in [0, 0.05) is 23.2 Å². The van der Waals surface area contributed by atoms with E-state index < -0.39 is 10.0 Å². The van der Waals surface area contributed by atoms with Crippen molar-refractivity contribution in [3.05, 3.63) is 52.0 Å². The van der Waals surface area contributed by atoms with Crippen LogP contribution >= 0.6 is 15.9 Å². The first-order valence-electron chi connectivity index (χ1n) is 9.47. The van der Waals surface area contributed by atoms with Gasteiger partial charge in [0.2, 0.25) is 0 Å². The highest BCUT2D eigenvalue weighted by Gasteiger charge is 2.26. The number of ether oxygens (including phenoxy) is 1. The van der Waals surface area contributed by atoms with Crippen molar-refractivity contribution in [2.45, 2.75) is 31.6 Å². The van der Waals surface area contributed by atoms with Crippen molar-refractivity contribution in [3.8, 4) is 5.75 Å². The zero-order valence-electron chi connectivity index (χ0n) is 16.7. The summed E-state index contributed by atoms with van der Waals surface area (Å²) in [5.41, 5.74) is 1.63. The van der Waals surface area contributed by atoms with Crippen molar-refractivity contribution in [2.75, 3.05) is 24.9 Å². The lowest BCUT2D eigenvalue weighted by molar-refractivity contribution is 0.0693. The first kappa shape index (κ1) is 21.6. The summed E-state index contributed by atoms with van der Waals surface area (Å²) in [5, 5.41) is 0. The molecule has 0 aliphatic carbocycles. The number of methoxy groups -OCH3 is 1. The molecule has 1 aliphatic heterocycles. The molecule has 0 atom stereocenters. The predicted molar refractivity (Wildman–Crippen MR) is 117 cm³/mol. The fourth-order valence-electron chi connectivity index (χ4n) is 3.33. The van der Waals surface area contributed by atoms with Gasteiger partial charge in [0.05, 0.1) is 17.6 Å². The maximum absolute atomic E-state index is 13.0. The van der Waals surface area contributed by atoms with Gasteiger partial charge in [-0.25, -0.2) is 8.42 Å². The van der Waals surface area contributed by atoms with Crippen LogP contribution in [0.2, 0.25) is 0 Å². The Balaban J connectivity index is 1.90. The van der Waals surface area contributed by atoms with E-state index in [0.29, 0.717) is 30.4 Å². The van der Waals surface area contributed by atoms with E-state index in [2.05, 4.69) is 27.6 Å². The van der Waals surface area contributed by atoms with Crippen LogP contribution in [-0.4, -0.2) is 39.4 Å². The average molecular weight is 481 g/mol. The van der Waals surface area contributed by atoms with E-state index in [4.69, 9.17) is 4.74 Å². The molecule has 0 aromatic heterocycles. The molecule has 0 spiro atoms. The third-order valence-electron chi connectivity index (χ3n) is 5.19. The molecular formula is C21H25BrN2O4S. The summed E-state index contributed by atoms with van der Waals surface area (Å²) in [7, 11) is -2.38. The Hall–Kier alpha value is -2.06. The summed E-state index contributed by atoms with van der Waals surface area (Å²) in [6.07, 6.45) is 1.88. The molecule has 2 aromatic carbocycles. The summed E-state index contributed by atoms with van der Waals surface area (Å²) >= 11 is 3.40. The van der Waals surface area contributed by atoms with Crippen LogP contribution in [0.4, 0.5) is 5.69 Å². The number of amides is 1. The van der Waals surface area contributed by atoms with Crippen molar-refractivity contribution in [1.82, 2.24) is 4.90 Å². The van der Waals surface area contributed by atoms with Crippen LogP contribution in [0.5, 0.6) is 5.75 Å². The predicted octanol–water partition coefficient (Wildman–Crippen LogP) is 4.44. The van der Waals surface area contributed by atoms with E-state index >= 15 is 0 Å². The van der Waals surface area contributed by atoms with Crippen LogP contribution in [0.15, 0.2) is 45.8 Å². The minimum Gasteiger partial charge on any atom is -0.496 e. The van der Waals surface area contributed by atoms with Crippen LogP contribution in [0.25, 0.3) is 0 Å². The molecule has 1 aliphatic rings. The van der Waals surface area contributed by atoms with E-state index in [0.717, 1.165) is 22.9 Å². The zero-order chi connectivity index (χ0) is 21.2. The second-order valence-electron chi connectivity index (χ2n) is 7.41. The Morgan fingerprint density at radius 3 is 2.48 bits per heavy atom. The number of benzene rings is 2. The van der Waals surface area contributed by atoms with Gasteiger partial charge in [-0.2, -0.15) is 0 Å². The maximum Gasteiger partial charge on any atom is 0.261 e. The van der Waals surface area contributed by atoms with Gasteiger partial charge in [0.25, 0.3) is 15.9 Å².